The van der Waals surface area contributed by atoms with Gasteiger partial charge in [-0.3, -0.25) is 9.59 Å². The number of rotatable bonds is 2. The fraction of sp³-hybridized carbons (Fsp3) is 0.500. The highest BCUT2D eigenvalue weighted by atomic mass is 79.9. The molecule has 2 rings (SSSR count). The van der Waals surface area contributed by atoms with E-state index in [9.17, 15) is 9.59 Å². The quantitative estimate of drug-likeness (QED) is 0.729. The summed E-state index contributed by atoms with van der Waals surface area (Å²) in [7, 11) is 0. The lowest BCUT2D eigenvalue weighted by atomic mass is 9.85. The maximum atomic E-state index is 12.0. The molecule has 1 aromatic heterocycles. The molecule has 1 heterocycles. The summed E-state index contributed by atoms with van der Waals surface area (Å²) in [4.78, 5) is 26.1. The fourth-order valence-electron chi connectivity index (χ4n) is 2.25. The topological polar surface area (TPSA) is 88.0 Å². The fourth-order valence-corrected chi connectivity index (χ4v) is 2.59. The van der Waals surface area contributed by atoms with Crippen LogP contribution in [0, 0.1) is 5.92 Å². The first-order valence-corrected chi connectivity index (χ1v) is 6.80. The monoisotopic (exact) mass is 385 g/mol. The molecule has 0 radical (unpaired) electrons. The zero-order valence-electron chi connectivity index (χ0n) is 10.7. The first-order valence-electron chi connectivity index (χ1n) is 6.01. The molecule has 0 aliphatic heterocycles. The van der Waals surface area contributed by atoms with Crippen LogP contribution in [0.5, 0.6) is 0 Å². The molecule has 0 bridgehead atoms. The number of anilines is 1. The van der Waals surface area contributed by atoms with Crippen molar-refractivity contribution in [3.63, 3.8) is 0 Å². The Morgan fingerprint density at radius 1 is 1.40 bits per heavy atom. The molecule has 5 nitrogen and oxygen atoms in total. The Morgan fingerprint density at radius 3 is 2.75 bits per heavy atom. The summed E-state index contributed by atoms with van der Waals surface area (Å²) in [6.07, 6.45) is 5.01. The lowest BCUT2D eigenvalue weighted by molar-refractivity contribution is -0.120. The van der Waals surface area contributed by atoms with E-state index in [0.717, 1.165) is 23.7 Å². The van der Waals surface area contributed by atoms with Gasteiger partial charge in [0.25, 0.3) is 5.56 Å². The number of halogens is 3. The Labute approximate surface area is 138 Å². The van der Waals surface area contributed by atoms with Gasteiger partial charge in [-0.2, -0.15) is 0 Å². The summed E-state index contributed by atoms with van der Waals surface area (Å²) in [5.41, 5.74) is 5.83. The SMILES string of the molecule is Cl.Cl.NC1CCCC(C(=O)Nc2cc(Br)c[nH]c2=O)C1. The van der Waals surface area contributed by atoms with Crippen LogP contribution in [0.4, 0.5) is 5.69 Å². The van der Waals surface area contributed by atoms with Gasteiger partial charge >= 0.3 is 0 Å². The average Bonchev–Trinajstić information content (AvgIpc) is 2.34. The van der Waals surface area contributed by atoms with Crippen molar-refractivity contribution in [1.29, 1.82) is 0 Å². The normalized spacial score (nSPS) is 21.3. The lowest BCUT2D eigenvalue weighted by Gasteiger charge is -2.25. The number of carbonyl (C=O) groups excluding carboxylic acids is 1. The molecule has 114 valence electrons. The predicted octanol–water partition coefficient (Wildman–Crippen LogP) is 2.44. The molecule has 1 amide bonds. The molecule has 1 aromatic rings. The minimum Gasteiger partial charge on any atom is -0.328 e. The number of pyridine rings is 1. The maximum Gasteiger partial charge on any atom is 0.271 e. The Kier molecular flexibility index (Phi) is 8.42. The first kappa shape index (κ1) is 19.4. The van der Waals surface area contributed by atoms with Gasteiger partial charge in [-0.1, -0.05) is 6.42 Å². The highest BCUT2D eigenvalue weighted by Gasteiger charge is 2.25. The highest BCUT2D eigenvalue weighted by Crippen LogP contribution is 2.24. The molecule has 1 aliphatic carbocycles. The number of amides is 1. The molecule has 1 fully saturated rings. The smallest absolute Gasteiger partial charge is 0.271 e. The van der Waals surface area contributed by atoms with E-state index in [0.29, 0.717) is 6.42 Å². The van der Waals surface area contributed by atoms with Gasteiger partial charge in [-0.25, -0.2) is 0 Å². The predicted molar refractivity (Wildman–Crippen MR) is 87.8 cm³/mol. The summed E-state index contributed by atoms with van der Waals surface area (Å²) < 4.78 is 0.720. The average molecular weight is 387 g/mol. The van der Waals surface area contributed by atoms with Gasteiger partial charge in [0, 0.05) is 22.6 Å². The molecule has 0 aromatic carbocycles. The minimum atomic E-state index is -0.299. The van der Waals surface area contributed by atoms with Crippen LogP contribution >= 0.6 is 40.7 Å². The van der Waals surface area contributed by atoms with Gasteiger partial charge in [0.2, 0.25) is 5.91 Å². The second kappa shape index (κ2) is 8.67. The van der Waals surface area contributed by atoms with Crippen LogP contribution in [0.15, 0.2) is 21.5 Å². The molecular weight excluding hydrogens is 369 g/mol. The summed E-state index contributed by atoms with van der Waals surface area (Å²) in [6, 6.07) is 1.69. The van der Waals surface area contributed by atoms with Gasteiger partial charge in [0.1, 0.15) is 5.69 Å². The zero-order valence-corrected chi connectivity index (χ0v) is 13.9. The van der Waals surface area contributed by atoms with Crippen molar-refractivity contribution >= 4 is 52.3 Å². The third-order valence-corrected chi connectivity index (χ3v) is 3.67. The standard InChI is InChI=1S/C12H16BrN3O2.2ClH/c13-8-5-10(12(18)15-6-8)16-11(17)7-2-1-3-9(14)4-7;;/h5-7,9H,1-4,14H2,(H,15,18)(H,16,17);2*1H. The van der Waals surface area contributed by atoms with E-state index in [1.165, 1.54) is 6.20 Å². The van der Waals surface area contributed by atoms with Crippen LogP contribution in [0.2, 0.25) is 0 Å². The molecule has 8 heteroatoms. The Bertz CT molecular complexity index is 510. The van der Waals surface area contributed by atoms with E-state index in [1.807, 2.05) is 0 Å². The molecular formula is C12H18BrCl2N3O2. The van der Waals surface area contributed by atoms with E-state index >= 15 is 0 Å². The third-order valence-electron chi connectivity index (χ3n) is 3.21. The molecule has 1 aliphatic rings. The minimum absolute atomic E-state index is 0. The number of H-pyrrole nitrogens is 1. The Morgan fingerprint density at radius 2 is 2.10 bits per heavy atom. The largest absolute Gasteiger partial charge is 0.328 e. The van der Waals surface area contributed by atoms with Crippen LogP contribution in [-0.2, 0) is 4.79 Å². The van der Waals surface area contributed by atoms with Crippen molar-refractivity contribution in [3.8, 4) is 0 Å². The van der Waals surface area contributed by atoms with E-state index in [2.05, 4.69) is 26.2 Å². The van der Waals surface area contributed by atoms with Crippen LogP contribution in [0.1, 0.15) is 25.7 Å². The van der Waals surface area contributed by atoms with Gasteiger partial charge < -0.3 is 16.0 Å². The molecule has 1 saturated carbocycles. The van der Waals surface area contributed by atoms with Gasteiger partial charge in [-0.05, 0) is 41.3 Å². The van der Waals surface area contributed by atoms with Crippen LogP contribution in [-0.4, -0.2) is 16.9 Å². The lowest BCUT2D eigenvalue weighted by Crippen LogP contribution is -2.35. The summed E-state index contributed by atoms with van der Waals surface area (Å²) in [6.45, 7) is 0. The molecule has 0 spiro atoms. The third kappa shape index (κ3) is 5.09. The van der Waals surface area contributed by atoms with Crippen molar-refractivity contribution in [3.05, 3.63) is 27.1 Å². The summed E-state index contributed by atoms with van der Waals surface area (Å²) in [5.74, 6) is -0.208. The zero-order chi connectivity index (χ0) is 13.1. The van der Waals surface area contributed by atoms with Crippen molar-refractivity contribution in [2.45, 2.75) is 31.7 Å². The second-order valence-corrected chi connectivity index (χ2v) is 5.59. The van der Waals surface area contributed by atoms with E-state index < -0.39 is 0 Å². The number of nitrogens with one attached hydrogen (secondary N) is 2. The number of carbonyl (C=O) groups is 1. The van der Waals surface area contributed by atoms with Crippen molar-refractivity contribution in [2.24, 2.45) is 11.7 Å². The first-order chi connectivity index (χ1) is 8.56. The van der Waals surface area contributed by atoms with Crippen LogP contribution < -0.4 is 16.6 Å². The number of nitrogens with two attached hydrogens (primary N) is 1. The van der Waals surface area contributed by atoms with Crippen LogP contribution in [0.3, 0.4) is 0 Å². The number of hydrogen-bond donors (Lipinski definition) is 3. The number of hydrogen-bond acceptors (Lipinski definition) is 3. The van der Waals surface area contributed by atoms with Crippen molar-refractivity contribution in [2.75, 3.05) is 5.32 Å². The van der Waals surface area contributed by atoms with E-state index in [4.69, 9.17) is 5.73 Å². The molecule has 20 heavy (non-hydrogen) atoms. The molecule has 4 N–H and O–H groups in total. The number of aromatic nitrogens is 1. The molecule has 0 saturated heterocycles. The molecule has 2 unspecified atom stereocenters. The highest BCUT2D eigenvalue weighted by molar-refractivity contribution is 9.10. The number of aromatic amines is 1. The Balaban J connectivity index is 0.00000180. The van der Waals surface area contributed by atoms with Gasteiger partial charge in [0.05, 0.1) is 0 Å². The van der Waals surface area contributed by atoms with Gasteiger partial charge in [-0.15, -0.1) is 24.8 Å². The summed E-state index contributed by atoms with van der Waals surface area (Å²) in [5, 5.41) is 2.67. The second-order valence-electron chi connectivity index (χ2n) is 4.67. The van der Waals surface area contributed by atoms with Gasteiger partial charge in [0.15, 0.2) is 0 Å². The maximum absolute atomic E-state index is 12.0. The van der Waals surface area contributed by atoms with E-state index in [-0.39, 0.29) is 53.9 Å². The molecule has 2 atom stereocenters. The summed E-state index contributed by atoms with van der Waals surface area (Å²) >= 11 is 3.25. The van der Waals surface area contributed by atoms with E-state index in [1.54, 1.807) is 6.07 Å². The Hall–Kier alpha value is -0.560. The van der Waals surface area contributed by atoms with Crippen molar-refractivity contribution < 1.29 is 4.79 Å². The van der Waals surface area contributed by atoms with Crippen LogP contribution in [0.25, 0.3) is 0 Å². The van der Waals surface area contributed by atoms with Crippen molar-refractivity contribution in [1.82, 2.24) is 4.98 Å².